The SMILES string of the molecule is Cc1ccc(C)n1-c1cccc(NCC(=O)N[C@@H]2CCCN(c3ncnc4[nH]ccc34)C2)c1. The quantitative estimate of drug-likeness (QED) is 0.424. The van der Waals surface area contributed by atoms with E-state index in [4.69, 9.17) is 0 Å². The molecule has 33 heavy (non-hydrogen) atoms. The van der Waals surface area contributed by atoms with Crippen LogP contribution in [0.5, 0.6) is 0 Å². The van der Waals surface area contributed by atoms with Gasteiger partial charge in [0.25, 0.3) is 0 Å². The van der Waals surface area contributed by atoms with Gasteiger partial charge in [-0.25, -0.2) is 9.97 Å². The Bertz CT molecular complexity index is 1260. The second-order valence-electron chi connectivity index (χ2n) is 8.65. The summed E-state index contributed by atoms with van der Waals surface area (Å²) in [5.74, 6) is 0.917. The minimum atomic E-state index is -0.00458. The molecular weight excluding hydrogens is 414 g/mol. The maximum Gasteiger partial charge on any atom is 0.239 e. The van der Waals surface area contributed by atoms with E-state index in [0.717, 1.165) is 54.2 Å². The number of aromatic nitrogens is 4. The first kappa shape index (κ1) is 21.1. The number of aryl methyl sites for hydroxylation is 2. The Morgan fingerprint density at radius 1 is 1.15 bits per heavy atom. The summed E-state index contributed by atoms with van der Waals surface area (Å²) in [6, 6.07) is 14.5. The van der Waals surface area contributed by atoms with Crippen LogP contribution in [-0.4, -0.2) is 51.1 Å². The highest BCUT2D eigenvalue weighted by atomic mass is 16.2. The molecule has 0 unspecified atom stereocenters. The molecule has 0 aliphatic carbocycles. The number of nitrogens with zero attached hydrogens (tertiary/aromatic N) is 4. The molecule has 1 aromatic carbocycles. The molecule has 1 fully saturated rings. The van der Waals surface area contributed by atoms with Gasteiger partial charge in [0, 0.05) is 48.1 Å². The summed E-state index contributed by atoms with van der Waals surface area (Å²) in [7, 11) is 0. The van der Waals surface area contributed by atoms with E-state index in [0.29, 0.717) is 0 Å². The molecule has 1 amide bonds. The fourth-order valence-electron chi connectivity index (χ4n) is 4.69. The van der Waals surface area contributed by atoms with Gasteiger partial charge in [-0.1, -0.05) is 6.07 Å². The zero-order valence-electron chi connectivity index (χ0n) is 19.0. The maximum atomic E-state index is 12.7. The molecule has 170 valence electrons. The number of nitrogens with one attached hydrogen (secondary N) is 3. The lowest BCUT2D eigenvalue weighted by Gasteiger charge is -2.34. The third-order valence-corrected chi connectivity index (χ3v) is 6.25. The molecule has 3 N–H and O–H groups in total. The first-order valence-corrected chi connectivity index (χ1v) is 11.4. The van der Waals surface area contributed by atoms with E-state index in [-0.39, 0.29) is 18.5 Å². The van der Waals surface area contributed by atoms with Crippen LogP contribution in [-0.2, 0) is 4.79 Å². The predicted molar refractivity (Wildman–Crippen MR) is 131 cm³/mol. The van der Waals surface area contributed by atoms with Crippen LogP contribution in [0.4, 0.5) is 11.5 Å². The number of aromatic amines is 1. The van der Waals surface area contributed by atoms with E-state index >= 15 is 0 Å². The molecule has 5 rings (SSSR count). The second-order valence-corrected chi connectivity index (χ2v) is 8.65. The molecule has 4 aromatic rings. The average molecular weight is 444 g/mol. The van der Waals surface area contributed by atoms with Crippen molar-refractivity contribution >= 4 is 28.4 Å². The van der Waals surface area contributed by atoms with Crippen LogP contribution in [0.2, 0.25) is 0 Å². The smallest absolute Gasteiger partial charge is 0.239 e. The van der Waals surface area contributed by atoms with Gasteiger partial charge in [0.1, 0.15) is 17.8 Å². The van der Waals surface area contributed by atoms with Crippen LogP contribution < -0.4 is 15.5 Å². The van der Waals surface area contributed by atoms with Gasteiger partial charge in [0.05, 0.1) is 11.9 Å². The first-order chi connectivity index (χ1) is 16.1. The van der Waals surface area contributed by atoms with E-state index in [1.54, 1.807) is 6.33 Å². The number of piperidine rings is 1. The summed E-state index contributed by atoms with van der Waals surface area (Å²) in [6.07, 6.45) is 5.44. The van der Waals surface area contributed by atoms with Crippen molar-refractivity contribution < 1.29 is 4.79 Å². The highest BCUT2D eigenvalue weighted by molar-refractivity contribution is 5.87. The third-order valence-electron chi connectivity index (χ3n) is 6.25. The van der Waals surface area contributed by atoms with E-state index in [2.05, 4.69) is 73.2 Å². The van der Waals surface area contributed by atoms with E-state index in [1.807, 2.05) is 24.4 Å². The van der Waals surface area contributed by atoms with Crippen LogP contribution >= 0.6 is 0 Å². The number of hydrogen-bond acceptors (Lipinski definition) is 5. The Kier molecular flexibility index (Phi) is 5.73. The number of anilines is 2. The third kappa shape index (κ3) is 4.41. The zero-order chi connectivity index (χ0) is 22.8. The van der Waals surface area contributed by atoms with Crippen molar-refractivity contribution in [2.24, 2.45) is 0 Å². The Balaban J connectivity index is 1.19. The van der Waals surface area contributed by atoms with Gasteiger partial charge in [-0.15, -0.1) is 0 Å². The predicted octanol–water partition coefficient (Wildman–Crippen LogP) is 3.56. The summed E-state index contributed by atoms with van der Waals surface area (Å²) in [6.45, 7) is 6.09. The van der Waals surface area contributed by atoms with Gasteiger partial charge >= 0.3 is 0 Å². The number of rotatable bonds is 6. The first-order valence-electron chi connectivity index (χ1n) is 11.4. The minimum Gasteiger partial charge on any atom is -0.376 e. The zero-order valence-corrected chi connectivity index (χ0v) is 19.0. The summed E-state index contributed by atoms with van der Waals surface area (Å²) in [5.41, 5.74) is 5.22. The highest BCUT2D eigenvalue weighted by Crippen LogP contribution is 2.25. The molecule has 1 aliphatic heterocycles. The summed E-state index contributed by atoms with van der Waals surface area (Å²) in [4.78, 5) is 26.8. The molecule has 0 bridgehead atoms. The van der Waals surface area contributed by atoms with Gasteiger partial charge < -0.3 is 25.1 Å². The second kappa shape index (κ2) is 8.97. The molecule has 8 nitrogen and oxygen atoms in total. The molecule has 1 aliphatic rings. The van der Waals surface area contributed by atoms with Gasteiger partial charge in [-0.3, -0.25) is 4.79 Å². The van der Waals surface area contributed by atoms with E-state index in [1.165, 1.54) is 11.4 Å². The number of H-pyrrole nitrogens is 1. The van der Waals surface area contributed by atoms with Crippen LogP contribution in [0, 0.1) is 13.8 Å². The largest absolute Gasteiger partial charge is 0.376 e. The molecule has 1 atom stereocenters. The lowest BCUT2D eigenvalue weighted by Crippen LogP contribution is -2.49. The van der Waals surface area contributed by atoms with Crippen molar-refractivity contribution in [2.75, 3.05) is 29.9 Å². The Morgan fingerprint density at radius 2 is 2.00 bits per heavy atom. The minimum absolute atomic E-state index is 0.00458. The fourth-order valence-corrected chi connectivity index (χ4v) is 4.69. The molecule has 1 saturated heterocycles. The van der Waals surface area contributed by atoms with Gasteiger partial charge in [0.2, 0.25) is 5.91 Å². The fraction of sp³-hybridized carbons (Fsp3) is 0.320. The number of carbonyl (C=O) groups excluding carboxylic acids is 1. The van der Waals surface area contributed by atoms with Gasteiger partial charge in [-0.05, 0) is 63.1 Å². The van der Waals surface area contributed by atoms with Crippen molar-refractivity contribution in [3.05, 3.63) is 66.4 Å². The van der Waals surface area contributed by atoms with Crippen LogP contribution in [0.25, 0.3) is 16.7 Å². The summed E-state index contributed by atoms with van der Waals surface area (Å²) in [5, 5.41) is 7.48. The van der Waals surface area contributed by atoms with Crippen LogP contribution in [0.15, 0.2) is 55.0 Å². The van der Waals surface area contributed by atoms with Crippen molar-refractivity contribution in [3.8, 4) is 5.69 Å². The van der Waals surface area contributed by atoms with Crippen molar-refractivity contribution in [3.63, 3.8) is 0 Å². The maximum absolute atomic E-state index is 12.7. The molecule has 0 spiro atoms. The Labute approximate surface area is 193 Å². The normalized spacial score (nSPS) is 16.2. The van der Waals surface area contributed by atoms with Gasteiger partial charge in [0.15, 0.2) is 0 Å². The van der Waals surface area contributed by atoms with Crippen molar-refractivity contribution in [2.45, 2.75) is 32.7 Å². The standard InChI is InChI=1S/C25H29N7O/c1-17-8-9-18(2)32(17)21-7-3-5-19(13-21)27-14-23(33)30-20-6-4-12-31(15-20)25-22-10-11-26-24(22)28-16-29-25/h3,5,7-11,13,16,20,27H,4,6,12,14-15H2,1-2H3,(H,30,33)(H,26,28,29)/t20-/m1/s1. The van der Waals surface area contributed by atoms with Crippen LogP contribution in [0.3, 0.4) is 0 Å². The highest BCUT2D eigenvalue weighted by Gasteiger charge is 2.23. The number of benzene rings is 1. The van der Waals surface area contributed by atoms with Crippen LogP contribution in [0.1, 0.15) is 24.2 Å². The Hall–Kier alpha value is -3.81. The molecule has 4 heterocycles. The molecule has 0 saturated carbocycles. The summed E-state index contributed by atoms with van der Waals surface area (Å²) >= 11 is 0. The lowest BCUT2D eigenvalue weighted by molar-refractivity contribution is -0.120. The molecule has 3 aromatic heterocycles. The number of hydrogen-bond donors (Lipinski definition) is 3. The monoisotopic (exact) mass is 443 g/mol. The number of carbonyl (C=O) groups is 1. The van der Waals surface area contributed by atoms with Crippen molar-refractivity contribution in [1.82, 2.24) is 24.8 Å². The van der Waals surface area contributed by atoms with Gasteiger partial charge in [-0.2, -0.15) is 0 Å². The van der Waals surface area contributed by atoms with E-state index in [9.17, 15) is 4.79 Å². The number of amides is 1. The molecule has 8 heteroatoms. The van der Waals surface area contributed by atoms with E-state index < -0.39 is 0 Å². The average Bonchev–Trinajstić information content (AvgIpc) is 3.44. The molecular formula is C25H29N7O. The lowest BCUT2D eigenvalue weighted by atomic mass is 10.1. The topological polar surface area (TPSA) is 90.9 Å². The summed E-state index contributed by atoms with van der Waals surface area (Å²) < 4.78 is 2.20. The number of fused-ring (bicyclic) bond motifs is 1. The van der Waals surface area contributed by atoms with Crippen molar-refractivity contribution in [1.29, 1.82) is 0 Å². The molecule has 0 radical (unpaired) electrons. The Morgan fingerprint density at radius 3 is 2.85 bits per heavy atom.